The van der Waals surface area contributed by atoms with Crippen LogP contribution in [0.25, 0.3) is 0 Å². The first-order valence-corrected chi connectivity index (χ1v) is 8.62. The van der Waals surface area contributed by atoms with Crippen LogP contribution in [0.5, 0.6) is 5.75 Å². The number of amides is 1. The van der Waals surface area contributed by atoms with Crippen LogP contribution in [0.1, 0.15) is 25.0 Å². The number of carbonyl (C=O) groups is 2. The lowest BCUT2D eigenvalue weighted by Crippen LogP contribution is -2.35. The molecule has 0 bridgehead atoms. The highest BCUT2D eigenvalue weighted by Gasteiger charge is 2.23. The standard InChI is InChI=1S/C20H19ClN2O4/c1-12-5-4-6-17(9-12)26-14(3)20(25)27-13(2)19(24)23-16-8-7-15(11-22)18(21)10-16/h4-10,13-14H,1-3H3,(H,23,24)/t13-,14+/m1/s1. The monoisotopic (exact) mass is 386 g/mol. The van der Waals surface area contributed by atoms with Crippen LogP contribution in [-0.2, 0) is 14.3 Å². The summed E-state index contributed by atoms with van der Waals surface area (Å²) in [6.07, 6.45) is -1.90. The zero-order chi connectivity index (χ0) is 20.0. The van der Waals surface area contributed by atoms with Crippen molar-refractivity contribution in [2.45, 2.75) is 33.0 Å². The Morgan fingerprint density at radius 1 is 1.15 bits per heavy atom. The Balaban J connectivity index is 1.92. The van der Waals surface area contributed by atoms with E-state index in [4.69, 9.17) is 26.3 Å². The fraction of sp³-hybridized carbons (Fsp3) is 0.250. The van der Waals surface area contributed by atoms with Crippen molar-refractivity contribution in [3.8, 4) is 11.8 Å². The van der Waals surface area contributed by atoms with Crippen molar-refractivity contribution in [2.24, 2.45) is 0 Å². The summed E-state index contributed by atoms with van der Waals surface area (Å²) in [4.78, 5) is 24.4. The summed E-state index contributed by atoms with van der Waals surface area (Å²) in [7, 11) is 0. The van der Waals surface area contributed by atoms with Gasteiger partial charge in [-0.1, -0.05) is 23.7 Å². The Morgan fingerprint density at radius 3 is 2.52 bits per heavy atom. The van der Waals surface area contributed by atoms with Gasteiger partial charge >= 0.3 is 5.97 Å². The molecule has 6 nitrogen and oxygen atoms in total. The lowest BCUT2D eigenvalue weighted by molar-refractivity contribution is -0.159. The van der Waals surface area contributed by atoms with E-state index in [-0.39, 0.29) is 5.02 Å². The fourth-order valence-corrected chi connectivity index (χ4v) is 2.41. The number of benzene rings is 2. The molecule has 27 heavy (non-hydrogen) atoms. The van der Waals surface area contributed by atoms with Gasteiger partial charge in [0.25, 0.3) is 5.91 Å². The number of esters is 1. The number of ether oxygens (including phenoxy) is 2. The van der Waals surface area contributed by atoms with E-state index >= 15 is 0 Å². The molecule has 0 aliphatic heterocycles. The molecular weight excluding hydrogens is 368 g/mol. The number of nitrogens with one attached hydrogen (secondary N) is 1. The van der Waals surface area contributed by atoms with E-state index in [1.54, 1.807) is 25.1 Å². The van der Waals surface area contributed by atoms with Crippen LogP contribution in [-0.4, -0.2) is 24.1 Å². The zero-order valence-corrected chi connectivity index (χ0v) is 15.9. The molecule has 0 spiro atoms. The number of hydrogen-bond donors (Lipinski definition) is 1. The molecule has 2 atom stereocenters. The maximum atomic E-state index is 12.2. The van der Waals surface area contributed by atoms with E-state index in [1.807, 2.05) is 25.1 Å². The van der Waals surface area contributed by atoms with Crippen molar-refractivity contribution < 1.29 is 19.1 Å². The van der Waals surface area contributed by atoms with Crippen LogP contribution in [0.3, 0.4) is 0 Å². The summed E-state index contributed by atoms with van der Waals surface area (Å²) in [5.74, 6) is -0.632. The minimum absolute atomic E-state index is 0.222. The Hall–Kier alpha value is -3.04. The van der Waals surface area contributed by atoms with Crippen LogP contribution in [0, 0.1) is 18.3 Å². The quantitative estimate of drug-likeness (QED) is 0.761. The van der Waals surface area contributed by atoms with Crippen molar-refractivity contribution in [1.82, 2.24) is 0 Å². The maximum Gasteiger partial charge on any atom is 0.347 e. The number of nitrogens with zero attached hydrogens (tertiary/aromatic N) is 1. The third-order valence-electron chi connectivity index (χ3n) is 3.65. The summed E-state index contributed by atoms with van der Waals surface area (Å²) >= 11 is 5.93. The largest absolute Gasteiger partial charge is 0.479 e. The maximum absolute atomic E-state index is 12.2. The van der Waals surface area contributed by atoms with Crippen molar-refractivity contribution in [2.75, 3.05) is 5.32 Å². The van der Waals surface area contributed by atoms with Gasteiger partial charge in [0.05, 0.1) is 10.6 Å². The summed E-state index contributed by atoms with van der Waals surface area (Å²) in [5, 5.41) is 11.7. The van der Waals surface area contributed by atoms with E-state index in [1.165, 1.54) is 19.1 Å². The van der Waals surface area contributed by atoms with Crippen LogP contribution in [0.4, 0.5) is 5.69 Å². The van der Waals surface area contributed by atoms with Gasteiger partial charge in [-0.2, -0.15) is 5.26 Å². The second-order valence-corrected chi connectivity index (χ2v) is 6.36. The molecule has 0 radical (unpaired) electrons. The SMILES string of the molecule is Cc1cccc(O[C@@H](C)C(=O)O[C@H](C)C(=O)Nc2ccc(C#N)c(Cl)c2)c1. The van der Waals surface area contributed by atoms with E-state index < -0.39 is 24.1 Å². The minimum atomic E-state index is -1.03. The van der Waals surface area contributed by atoms with Crippen LogP contribution < -0.4 is 10.1 Å². The number of hydrogen-bond acceptors (Lipinski definition) is 5. The van der Waals surface area contributed by atoms with Gasteiger partial charge in [0.1, 0.15) is 11.8 Å². The van der Waals surface area contributed by atoms with Crippen LogP contribution in [0.15, 0.2) is 42.5 Å². The first kappa shape index (κ1) is 20.3. The predicted molar refractivity (Wildman–Crippen MR) is 102 cm³/mol. The number of rotatable bonds is 6. The van der Waals surface area contributed by atoms with Gasteiger partial charge in [-0.3, -0.25) is 4.79 Å². The lowest BCUT2D eigenvalue weighted by atomic mass is 10.2. The third-order valence-corrected chi connectivity index (χ3v) is 3.97. The smallest absolute Gasteiger partial charge is 0.347 e. The van der Waals surface area contributed by atoms with E-state index in [2.05, 4.69) is 5.32 Å². The van der Waals surface area contributed by atoms with E-state index in [0.717, 1.165) is 5.56 Å². The molecule has 0 fully saturated rings. The Bertz CT molecular complexity index is 892. The molecule has 1 amide bonds. The lowest BCUT2D eigenvalue weighted by Gasteiger charge is -2.18. The summed E-state index contributed by atoms with van der Waals surface area (Å²) in [6, 6.07) is 13.7. The highest BCUT2D eigenvalue weighted by atomic mass is 35.5. The van der Waals surface area contributed by atoms with Gasteiger partial charge in [0.15, 0.2) is 12.2 Å². The number of anilines is 1. The first-order valence-electron chi connectivity index (χ1n) is 8.24. The Labute approximate surface area is 162 Å². The Kier molecular flexibility index (Phi) is 6.80. The normalized spacial score (nSPS) is 12.4. The average molecular weight is 387 g/mol. The summed E-state index contributed by atoms with van der Waals surface area (Å²) < 4.78 is 10.7. The molecule has 2 aromatic carbocycles. The van der Waals surface area contributed by atoms with Gasteiger partial charge in [0, 0.05) is 5.69 Å². The number of carbonyl (C=O) groups excluding carboxylic acids is 2. The third kappa shape index (κ3) is 5.73. The number of nitriles is 1. The zero-order valence-electron chi connectivity index (χ0n) is 15.2. The molecule has 2 aromatic rings. The molecule has 0 heterocycles. The summed E-state index contributed by atoms with van der Waals surface area (Å²) in [5.41, 5.74) is 1.70. The molecule has 0 saturated heterocycles. The number of aryl methyl sites for hydroxylation is 1. The van der Waals surface area contributed by atoms with Gasteiger partial charge < -0.3 is 14.8 Å². The van der Waals surface area contributed by atoms with Gasteiger partial charge in [0.2, 0.25) is 0 Å². The van der Waals surface area contributed by atoms with Crippen molar-refractivity contribution in [3.63, 3.8) is 0 Å². The summed E-state index contributed by atoms with van der Waals surface area (Å²) in [6.45, 7) is 4.92. The molecule has 0 unspecified atom stereocenters. The fourth-order valence-electron chi connectivity index (χ4n) is 2.19. The van der Waals surface area contributed by atoms with Crippen molar-refractivity contribution >= 4 is 29.2 Å². The molecule has 7 heteroatoms. The van der Waals surface area contributed by atoms with Gasteiger partial charge in [-0.25, -0.2) is 4.79 Å². The average Bonchev–Trinajstić information content (AvgIpc) is 2.61. The van der Waals surface area contributed by atoms with Gasteiger partial charge in [-0.15, -0.1) is 0 Å². The van der Waals surface area contributed by atoms with Crippen LogP contribution in [0.2, 0.25) is 5.02 Å². The minimum Gasteiger partial charge on any atom is -0.479 e. The van der Waals surface area contributed by atoms with E-state index in [0.29, 0.717) is 17.0 Å². The molecular formula is C20H19ClN2O4. The van der Waals surface area contributed by atoms with Crippen molar-refractivity contribution in [3.05, 3.63) is 58.6 Å². The molecule has 2 rings (SSSR count). The molecule has 0 aliphatic carbocycles. The molecule has 1 N–H and O–H groups in total. The molecule has 0 aromatic heterocycles. The topological polar surface area (TPSA) is 88.4 Å². The van der Waals surface area contributed by atoms with Crippen molar-refractivity contribution in [1.29, 1.82) is 5.26 Å². The van der Waals surface area contributed by atoms with Crippen LogP contribution >= 0.6 is 11.6 Å². The highest BCUT2D eigenvalue weighted by molar-refractivity contribution is 6.32. The number of halogens is 1. The second kappa shape index (κ2) is 9.06. The van der Waals surface area contributed by atoms with Gasteiger partial charge in [-0.05, 0) is 56.7 Å². The first-order chi connectivity index (χ1) is 12.8. The Morgan fingerprint density at radius 2 is 1.89 bits per heavy atom. The highest BCUT2D eigenvalue weighted by Crippen LogP contribution is 2.20. The molecule has 140 valence electrons. The second-order valence-electron chi connectivity index (χ2n) is 5.95. The molecule has 0 aliphatic rings. The van der Waals surface area contributed by atoms with E-state index in [9.17, 15) is 9.59 Å². The molecule has 0 saturated carbocycles. The predicted octanol–water partition coefficient (Wildman–Crippen LogP) is 3.86.